The molecule has 0 saturated heterocycles. The topological polar surface area (TPSA) is 97.7 Å². The summed E-state index contributed by atoms with van der Waals surface area (Å²) in [6.07, 6.45) is 1.43. The molecule has 1 N–H and O–H groups in total. The molecule has 2 heterocycles. The molecule has 0 spiro atoms. The van der Waals surface area contributed by atoms with Crippen molar-refractivity contribution in [1.29, 1.82) is 0 Å². The van der Waals surface area contributed by atoms with Gasteiger partial charge in [0.1, 0.15) is 0 Å². The first-order valence-electron chi connectivity index (χ1n) is 4.43. The Morgan fingerprint density at radius 2 is 2.12 bits per heavy atom. The highest BCUT2D eigenvalue weighted by Gasteiger charge is 2.20. The number of halogens is 1. The monoisotopic (exact) mass is 274 g/mol. The van der Waals surface area contributed by atoms with Crippen molar-refractivity contribution < 1.29 is 8.42 Å². The lowest BCUT2D eigenvalue weighted by Crippen LogP contribution is -2.06. The first-order chi connectivity index (χ1) is 7.89. The molecule has 0 aromatic carbocycles. The zero-order valence-electron chi connectivity index (χ0n) is 8.58. The smallest absolute Gasteiger partial charge is 0.296 e. The van der Waals surface area contributed by atoms with Gasteiger partial charge in [0.15, 0.2) is 5.82 Å². The third-order valence-corrected chi connectivity index (χ3v) is 3.29. The Labute approximate surface area is 100 Å². The van der Waals surface area contributed by atoms with Crippen molar-refractivity contribution in [3.05, 3.63) is 28.7 Å². The van der Waals surface area contributed by atoms with E-state index in [1.54, 1.807) is 6.07 Å². The average Bonchev–Trinajstić information content (AvgIpc) is 2.59. The largest absolute Gasteiger partial charge is 0.329 e. The van der Waals surface area contributed by atoms with Gasteiger partial charge in [0.2, 0.25) is 5.56 Å². The third-order valence-electron chi connectivity index (χ3n) is 2.09. The summed E-state index contributed by atoms with van der Waals surface area (Å²) in [6.45, 7) is 0. The normalized spacial score (nSPS) is 11.6. The zero-order valence-corrected chi connectivity index (χ0v) is 10.2. The zero-order chi connectivity index (χ0) is 12.6. The minimum absolute atomic E-state index is 0.246. The van der Waals surface area contributed by atoms with Crippen LogP contribution < -0.4 is 5.56 Å². The van der Waals surface area contributed by atoms with Crippen LogP contribution in [0.3, 0.4) is 0 Å². The number of pyridine rings is 1. The lowest BCUT2D eigenvalue weighted by Gasteiger charge is -2.00. The van der Waals surface area contributed by atoms with Gasteiger partial charge >= 0.3 is 0 Å². The first kappa shape index (κ1) is 11.8. The second kappa shape index (κ2) is 3.97. The predicted octanol–water partition coefficient (Wildman–Crippen LogP) is 0.0979. The summed E-state index contributed by atoms with van der Waals surface area (Å²) in [7, 11) is 2.67. The third kappa shape index (κ3) is 2.22. The number of nitrogens with zero attached hydrogens (tertiary/aromatic N) is 3. The van der Waals surface area contributed by atoms with E-state index in [0.717, 1.165) is 0 Å². The summed E-state index contributed by atoms with van der Waals surface area (Å²) >= 11 is 0. The molecule has 0 radical (unpaired) electrons. The maximum absolute atomic E-state index is 11.1. The molecule has 17 heavy (non-hydrogen) atoms. The summed E-state index contributed by atoms with van der Waals surface area (Å²) in [4.78, 5) is 13.6. The minimum Gasteiger partial charge on any atom is -0.329 e. The molecule has 2 aromatic heterocycles. The SMILES string of the molecule is Cn1c(-c2cc[nH]c(=O)c2)nnc1S(=O)(=O)Cl. The molecule has 7 nitrogen and oxygen atoms in total. The molecular weight excluding hydrogens is 268 g/mol. The molecule has 0 bridgehead atoms. The van der Waals surface area contributed by atoms with Crippen LogP contribution in [-0.2, 0) is 16.1 Å². The van der Waals surface area contributed by atoms with E-state index in [1.165, 1.54) is 23.9 Å². The number of aromatic amines is 1. The highest BCUT2D eigenvalue weighted by molar-refractivity contribution is 8.13. The van der Waals surface area contributed by atoms with Crippen molar-refractivity contribution in [3.63, 3.8) is 0 Å². The van der Waals surface area contributed by atoms with Crippen molar-refractivity contribution in [2.45, 2.75) is 5.16 Å². The van der Waals surface area contributed by atoms with Crippen LogP contribution in [0.25, 0.3) is 11.4 Å². The number of nitrogens with one attached hydrogen (secondary N) is 1. The Kier molecular flexibility index (Phi) is 2.76. The van der Waals surface area contributed by atoms with Crippen LogP contribution in [0.1, 0.15) is 0 Å². The maximum Gasteiger partial charge on any atom is 0.296 e. The molecule has 0 amide bonds. The van der Waals surface area contributed by atoms with Crippen LogP contribution in [0.15, 0.2) is 28.3 Å². The van der Waals surface area contributed by atoms with Crippen LogP contribution in [0.5, 0.6) is 0 Å². The van der Waals surface area contributed by atoms with E-state index in [1.807, 2.05) is 0 Å². The summed E-state index contributed by atoms with van der Waals surface area (Å²) in [6, 6.07) is 2.87. The lowest BCUT2D eigenvalue weighted by molar-refractivity contribution is 0.593. The van der Waals surface area contributed by atoms with Gasteiger partial charge in [0.05, 0.1) is 0 Å². The molecule has 0 unspecified atom stereocenters. The Morgan fingerprint density at radius 1 is 1.41 bits per heavy atom. The number of hydrogen-bond donors (Lipinski definition) is 1. The van der Waals surface area contributed by atoms with Gasteiger partial charge in [-0.2, -0.15) is 0 Å². The summed E-state index contributed by atoms with van der Waals surface area (Å²) in [5, 5.41) is 6.80. The van der Waals surface area contributed by atoms with Gasteiger partial charge in [0, 0.05) is 35.6 Å². The van der Waals surface area contributed by atoms with Gasteiger partial charge in [-0.05, 0) is 6.07 Å². The molecule has 0 aliphatic rings. The van der Waals surface area contributed by atoms with E-state index in [9.17, 15) is 13.2 Å². The standard InChI is InChI=1S/C8H7ClN4O3S/c1-13-7(5-2-3-10-6(14)4-5)11-12-8(13)17(9,15)16/h2-4H,1H3,(H,10,14). The average molecular weight is 275 g/mol. The van der Waals surface area contributed by atoms with Gasteiger partial charge in [-0.3, -0.25) is 9.36 Å². The van der Waals surface area contributed by atoms with E-state index < -0.39 is 9.05 Å². The molecule has 9 heteroatoms. The number of rotatable bonds is 2. The second-order valence-electron chi connectivity index (χ2n) is 3.24. The minimum atomic E-state index is -3.96. The van der Waals surface area contributed by atoms with Crippen molar-refractivity contribution >= 4 is 19.7 Å². The molecule has 2 aromatic rings. The van der Waals surface area contributed by atoms with Crippen LogP contribution >= 0.6 is 10.7 Å². The van der Waals surface area contributed by atoms with E-state index in [0.29, 0.717) is 5.56 Å². The van der Waals surface area contributed by atoms with Crippen LogP contribution in [0, 0.1) is 0 Å². The fourth-order valence-electron chi connectivity index (χ4n) is 1.36. The van der Waals surface area contributed by atoms with Crippen LogP contribution in [-0.4, -0.2) is 28.2 Å². The lowest BCUT2D eigenvalue weighted by atomic mass is 10.2. The number of aromatic nitrogens is 4. The highest BCUT2D eigenvalue weighted by Crippen LogP contribution is 2.19. The molecule has 0 saturated carbocycles. The maximum atomic E-state index is 11.1. The van der Waals surface area contributed by atoms with Crippen molar-refractivity contribution in [3.8, 4) is 11.4 Å². The molecule has 0 aliphatic carbocycles. The molecule has 2 rings (SSSR count). The Hall–Kier alpha value is -1.67. The van der Waals surface area contributed by atoms with Crippen LogP contribution in [0.2, 0.25) is 0 Å². The van der Waals surface area contributed by atoms with E-state index in [-0.39, 0.29) is 16.5 Å². The van der Waals surface area contributed by atoms with Crippen molar-refractivity contribution in [1.82, 2.24) is 19.7 Å². The van der Waals surface area contributed by atoms with Gasteiger partial charge in [-0.1, -0.05) is 0 Å². The molecular formula is C8H7ClN4O3S. The molecule has 0 fully saturated rings. The number of hydrogen-bond acceptors (Lipinski definition) is 5. The second-order valence-corrected chi connectivity index (χ2v) is 5.70. The van der Waals surface area contributed by atoms with Crippen molar-refractivity contribution in [2.24, 2.45) is 7.05 Å². The van der Waals surface area contributed by atoms with Crippen LogP contribution in [0.4, 0.5) is 0 Å². The Balaban J connectivity index is 2.64. The molecule has 90 valence electrons. The van der Waals surface area contributed by atoms with Gasteiger partial charge in [-0.25, -0.2) is 8.42 Å². The fourth-order valence-corrected chi connectivity index (χ4v) is 2.32. The Morgan fingerprint density at radius 3 is 2.65 bits per heavy atom. The van der Waals surface area contributed by atoms with Gasteiger partial charge < -0.3 is 4.98 Å². The molecule has 0 aliphatic heterocycles. The molecule has 0 atom stereocenters. The number of H-pyrrole nitrogens is 1. The van der Waals surface area contributed by atoms with E-state index in [2.05, 4.69) is 15.2 Å². The highest BCUT2D eigenvalue weighted by atomic mass is 35.7. The van der Waals surface area contributed by atoms with Gasteiger partial charge in [-0.15, -0.1) is 10.2 Å². The Bertz CT molecular complexity index is 718. The quantitative estimate of drug-likeness (QED) is 0.783. The predicted molar refractivity (Wildman–Crippen MR) is 60.1 cm³/mol. The van der Waals surface area contributed by atoms with Crippen molar-refractivity contribution in [2.75, 3.05) is 0 Å². The van der Waals surface area contributed by atoms with E-state index >= 15 is 0 Å². The fraction of sp³-hybridized carbons (Fsp3) is 0.125. The first-order valence-corrected chi connectivity index (χ1v) is 6.73. The van der Waals surface area contributed by atoms with E-state index in [4.69, 9.17) is 10.7 Å². The van der Waals surface area contributed by atoms with Gasteiger partial charge in [0.25, 0.3) is 14.2 Å². The summed E-state index contributed by atoms with van der Waals surface area (Å²) in [5.41, 5.74) is 0.135. The summed E-state index contributed by atoms with van der Waals surface area (Å²) < 4.78 is 23.5. The summed E-state index contributed by atoms with van der Waals surface area (Å²) in [5.74, 6) is 0.246.